The van der Waals surface area contributed by atoms with Gasteiger partial charge >= 0.3 is 6.18 Å². The number of thiophene rings is 2. The maximum atomic E-state index is 15.6. The molecule has 58 heavy (non-hydrogen) atoms. The third kappa shape index (κ3) is 4.68. The summed E-state index contributed by atoms with van der Waals surface area (Å²) in [6.07, 6.45) is -4.79. The Bertz CT molecular complexity index is 3480. The molecule has 12 rings (SSSR count). The first-order chi connectivity index (χ1) is 28.2. The molecule has 0 bridgehead atoms. The number of fused-ring (bicyclic) bond motifs is 14. The lowest BCUT2D eigenvalue weighted by molar-refractivity contribution is -0.137. The average molecular weight is 801 g/mol. The van der Waals surface area contributed by atoms with E-state index in [0.29, 0.717) is 22.1 Å². The monoisotopic (exact) mass is 800 g/mol. The van der Waals surface area contributed by atoms with E-state index in [1.807, 2.05) is 118 Å². The SMILES string of the molecule is Fc1cc(F)cc(-c2c(-n3c4ccccc4c4ccc5sc6ccccc6c5c43)cc(C(F)(F)F)cc2-n2c3ccccc3c3ccc4sc5ccccc5c4c32)c1. The molecule has 0 unspecified atom stereocenters. The Balaban J connectivity index is 1.36. The van der Waals surface area contributed by atoms with E-state index in [0.717, 1.165) is 80.1 Å². The quantitative estimate of drug-likeness (QED) is 0.158. The Morgan fingerprint density at radius 3 is 1.31 bits per heavy atom. The van der Waals surface area contributed by atoms with Crippen LogP contribution in [0.15, 0.2) is 152 Å². The molecule has 8 aromatic carbocycles. The molecule has 9 heteroatoms. The number of nitrogens with zero attached hydrogens (tertiary/aromatic N) is 2. The summed E-state index contributed by atoms with van der Waals surface area (Å²) >= 11 is 3.23. The second-order valence-corrected chi connectivity index (χ2v) is 16.8. The van der Waals surface area contributed by atoms with Gasteiger partial charge in [-0.3, -0.25) is 0 Å². The zero-order valence-electron chi connectivity index (χ0n) is 30.0. The number of alkyl halides is 3. The first kappa shape index (κ1) is 33.6. The van der Waals surface area contributed by atoms with Crippen LogP contribution in [-0.2, 0) is 6.18 Å². The van der Waals surface area contributed by atoms with Gasteiger partial charge in [0, 0.05) is 73.5 Å². The Kier molecular flexibility index (Phi) is 6.94. The molecule has 0 atom stereocenters. The lowest BCUT2D eigenvalue weighted by atomic mass is 9.97. The van der Waals surface area contributed by atoms with Crippen molar-refractivity contribution in [2.24, 2.45) is 0 Å². The number of hydrogen-bond acceptors (Lipinski definition) is 2. The van der Waals surface area contributed by atoms with Gasteiger partial charge in [-0.2, -0.15) is 13.2 Å². The molecule has 0 aliphatic rings. The van der Waals surface area contributed by atoms with Crippen molar-refractivity contribution >= 4 is 107 Å². The topological polar surface area (TPSA) is 9.86 Å². The van der Waals surface area contributed by atoms with Gasteiger partial charge in [0.1, 0.15) is 11.6 Å². The minimum absolute atomic E-state index is 0.109. The van der Waals surface area contributed by atoms with Crippen LogP contribution in [0.1, 0.15) is 5.56 Å². The minimum atomic E-state index is -4.79. The van der Waals surface area contributed by atoms with Gasteiger partial charge in [-0.05, 0) is 66.2 Å². The lowest BCUT2D eigenvalue weighted by Crippen LogP contribution is -2.11. The van der Waals surface area contributed by atoms with Crippen molar-refractivity contribution in [1.82, 2.24) is 9.13 Å². The highest BCUT2D eigenvalue weighted by molar-refractivity contribution is 7.26. The van der Waals surface area contributed by atoms with Crippen LogP contribution in [0.3, 0.4) is 0 Å². The van der Waals surface area contributed by atoms with Crippen molar-refractivity contribution < 1.29 is 22.0 Å². The summed E-state index contributed by atoms with van der Waals surface area (Å²) in [5.74, 6) is -1.68. The van der Waals surface area contributed by atoms with Crippen molar-refractivity contribution in [3.05, 3.63) is 169 Å². The van der Waals surface area contributed by atoms with Gasteiger partial charge in [0.05, 0.1) is 39.0 Å². The van der Waals surface area contributed by atoms with Crippen LogP contribution in [0.2, 0.25) is 0 Å². The largest absolute Gasteiger partial charge is 0.416 e. The zero-order valence-corrected chi connectivity index (χ0v) is 31.7. The van der Waals surface area contributed by atoms with Crippen LogP contribution in [0.4, 0.5) is 22.0 Å². The summed E-state index contributed by atoms with van der Waals surface area (Å²) in [5.41, 5.74) is 2.53. The van der Waals surface area contributed by atoms with E-state index in [-0.39, 0.29) is 22.5 Å². The maximum Gasteiger partial charge on any atom is 0.416 e. The van der Waals surface area contributed by atoms with E-state index in [9.17, 15) is 0 Å². The van der Waals surface area contributed by atoms with Crippen molar-refractivity contribution in [2.45, 2.75) is 6.18 Å². The predicted molar refractivity (Wildman–Crippen MR) is 231 cm³/mol. The summed E-state index contributed by atoms with van der Waals surface area (Å²) in [7, 11) is 0. The van der Waals surface area contributed by atoms with Gasteiger partial charge in [-0.15, -0.1) is 22.7 Å². The fourth-order valence-corrected chi connectivity index (χ4v) is 11.4. The second kappa shape index (κ2) is 12.0. The summed E-state index contributed by atoms with van der Waals surface area (Å²) < 4.78 is 85.9. The fourth-order valence-electron chi connectivity index (χ4n) is 9.15. The summed E-state index contributed by atoms with van der Waals surface area (Å²) in [5, 5.41) is 7.12. The van der Waals surface area contributed by atoms with E-state index in [4.69, 9.17) is 0 Å². The molecule has 2 nitrogen and oxygen atoms in total. The molecule has 12 aromatic rings. The molecule has 0 amide bonds. The minimum Gasteiger partial charge on any atom is -0.308 e. The molecule has 0 radical (unpaired) electrons. The first-order valence-corrected chi connectivity index (χ1v) is 20.3. The molecular formula is C49H25F5N2S2. The fraction of sp³-hybridized carbons (Fsp3) is 0.0204. The first-order valence-electron chi connectivity index (χ1n) is 18.6. The van der Waals surface area contributed by atoms with Gasteiger partial charge < -0.3 is 9.13 Å². The van der Waals surface area contributed by atoms with Crippen LogP contribution < -0.4 is 0 Å². The molecule has 0 saturated carbocycles. The third-order valence-corrected chi connectivity index (χ3v) is 13.7. The molecular weight excluding hydrogens is 776 g/mol. The smallest absolute Gasteiger partial charge is 0.308 e. The number of hydrogen-bond donors (Lipinski definition) is 0. The van der Waals surface area contributed by atoms with Crippen LogP contribution in [-0.4, -0.2) is 9.13 Å². The number of rotatable bonds is 3. The Hall–Kier alpha value is -6.55. The molecule has 0 N–H and O–H groups in total. The molecule has 4 heterocycles. The number of benzene rings is 8. The summed E-state index contributed by atoms with van der Waals surface area (Å²) in [6, 6.07) is 45.0. The lowest BCUT2D eigenvalue weighted by Gasteiger charge is -2.23. The van der Waals surface area contributed by atoms with Gasteiger partial charge in [-0.25, -0.2) is 8.78 Å². The van der Waals surface area contributed by atoms with Gasteiger partial charge in [0.2, 0.25) is 0 Å². The highest BCUT2D eigenvalue weighted by atomic mass is 32.1. The Morgan fingerprint density at radius 2 is 0.845 bits per heavy atom. The Morgan fingerprint density at radius 1 is 0.414 bits per heavy atom. The summed E-state index contributed by atoms with van der Waals surface area (Å²) in [4.78, 5) is 0. The van der Waals surface area contributed by atoms with Gasteiger partial charge in [0.15, 0.2) is 0 Å². The van der Waals surface area contributed by atoms with E-state index < -0.39 is 23.4 Å². The maximum absolute atomic E-state index is 15.6. The number of halogens is 5. The third-order valence-electron chi connectivity index (χ3n) is 11.4. The highest BCUT2D eigenvalue weighted by Crippen LogP contribution is 2.49. The van der Waals surface area contributed by atoms with Crippen molar-refractivity contribution in [3.8, 4) is 22.5 Å². The van der Waals surface area contributed by atoms with Crippen LogP contribution in [0.25, 0.3) is 106 Å². The van der Waals surface area contributed by atoms with E-state index in [1.54, 1.807) is 22.7 Å². The second-order valence-electron chi connectivity index (χ2n) is 14.6. The van der Waals surface area contributed by atoms with Crippen LogP contribution >= 0.6 is 22.7 Å². The highest BCUT2D eigenvalue weighted by Gasteiger charge is 2.35. The Labute approximate surface area is 333 Å². The molecule has 4 aromatic heterocycles. The van der Waals surface area contributed by atoms with Gasteiger partial charge in [0.25, 0.3) is 0 Å². The zero-order chi connectivity index (χ0) is 39.0. The predicted octanol–water partition coefficient (Wildman–Crippen LogP) is 15.6. The molecule has 0 fully saturated rings. The van der Waals surface area contributed by atoms with Crippen LogP contribution in [0, 0.1) is 11.6 Å². The molecule has 0 aliphatic heterocycles. The van der Waals surface area contributed by atoms with Crippen molar-refractivity contribution in [2.75, 3.05) is 0 Å². The van der Waals surface area contributed by atoms with E-state index in [2.05, 4.69) is 12.1 Å². The molecule has 0 spiro atoms. The van der Waals surface area contributed by atoms with E-state index in [1.165, 1.54) is 12.1 Å². The molecule has 0 aliphatic carbocycles. The standard InChI is InChI=1S/C49H25F5N2S2/c50-28-21-26(22-29(51)25-28)44-38(55-36-13-5-1-9-30(36)32-17-19-42-45(47(32)55)34-11-3-7-15-40(34)57-42)23-27(49(52,53)54)24-39(44)56-37-14-6-2-10-31(37)33-18-20-43-46(48(33)56)35-12-4-8-16-41(35)58-43/h1-25H. The average Bonchev–Trinajstić information content (AvgIpc) is 3.97. The van der Waals surface area contributed by atoms with E-state index >= 15 is 22.0 Å². The van der Waals surface area contributed by atoms with Crippen molar-refractivity contribution in [3.63, 3.8) is 0 Å². The molecule has 278 valence electrons. The number of para-hydroxylation sites is 2. The molecule has 0 saturated heterocycles. The normalized spacial score (nSPS) is 12.6. The van der Waals surface area contributed by atoms with Gasteiger partial charge in [-0.1, -0.05) is 84.9 Å². The summed E-state index contributed by atoms with van der Waals surface area (Å²) in [6.45, 7) is 0. The van der Waals surface area contributed by atoms with Crippen molar-refractivity contribution in [1.29, 1.82) is 0 Å². The van der Waals surface area contributed by atoms with Crippen LogP contribution in [0.5, 0.6) is 0 Å². The number of aromatic nitrogens is 2.